The van der Waals surface area contributed by atoms with E-state index in [0.29, 0.717) is 11.3 Å². The Morgan fingerprint density at radius 1 is 1.00 bits per heavy atom. The number of anilines is 1. The van der Waals surface area contributed by atoms with E-state index in [4.69, 9.17) is 0 Å². The number of amides is 1. The summed E-state index contributed by atoms with van der Waals surface area (Å²) in [4.78, 5) is 14.2. The van der Waals surface area contributed by atoms with Gasteiger partial charge < -0.3 is 4.90 Å². The first-order valence-electron chi connectivity index (χ1n) is 9.27. The number of carbonyl (C=O) groups excluding carboxylic acids is 1. The van der Waals surface area contributed by atoms with E-state index in [1.165, 1.54) is 11.3 Å². The van der Waals surface area contributed by atoms with Crippen LogP contribution in [0.4, 0.5) is 5.69 Å². The molecule has 1 aromatic heterocycles. The standard InChI is InChI=1S/C22H24N2O3S2/c1-16(2)24(3)22(25)13-19-14-28-15-21(19)23-29(26,27)20-11-9-18(10-12-20)17-7-5-4-6-8-17/h4-12,14-16,23H,13H2,1-3H3. The van der Waals surface area contributed by atoms with Crippen molar-refractivity contribution < 1.29 is 13.2 Å². The van der Waals surface area contributed by atoms with E-state index in [1.54, 1.807) is 41.6 Å². The van der Waals surface area contributed by atoms with Crippen LogP contribution in [0.1, 0.15) is 19.4 Å². The molecular weight excluding hydrogens is 404 g/mol. The van der Waals surface area contributed by atoms with Crippen molar-refractivity contribution in [2.75, 3.05) is 11.8 Å². The van der Waals surface area contributed by atoms with E-state index in [-0.39, 0.29) is 23.3 Å². The second-order valence-electron chi connectivity index (χ2n) is 7.08. The summed E-state index contributed by atoms with van der Waals surface area (Å²) in [6.45, 7) is 3.88. The van der Waals surface area contributed by atoms with Crippen LogP contribution in [0.2, 0.25) is 0 Å². The van der Waals surface area contributed by atoms with E-state index in [1.807, 2.05) is 49.6 Å². The molecule has 1 amide bonds. The highest BCUT2D eigenvalue weighted by Crippen LogP contribution is 2.26. The lowest BCUT2D eigenvalue weighted by Crippen LogP contribution is -2.34. The van der Waals surface area contributed by atoms with Crippen LogP contribution in [0.5, 0.6) is 0 Å². The van der Waals surface area contributed by atoms with Gasteiger partial charge in [0.15, 0.2) is 0 Å². The molecule has 3 rings (SSSR count). The van der Waals surface area contributed by atoms with Crippen molar-refractivity contribution in [3.8, 4) is 11.1 Å². The van der Waals surface area contributed by atoms with Gasteiger partial charge >= 0.3 is 0 Å². The Labute approximate surface area is 176 Å². The Morgan fingerprint density at radius 2 is 1.62 bits per heavy atom. The van der Waals surface area contributed by atoms with Crippen LogP contribution in [0, 0.1) is 0 Å². The number of benzene rings is 2. The van der Waals surface area contributed by atoms with Gasteiger partial charge in [0.2, 0.25) is 5.91 Å². The molecule has 29 heavy (non-hydrogen) atoms. The topological polar surface area (TPSA) is 66.5 Å². The second-order valence-corrected chi connectivity index (χ2v) is 9.51. The van der Waals surface area contributed by atoms with Crippen molar-refractivity contribution in [2.45, 2.75) is 31.2 Å². The minimum atomic E-state index is -3.75. The molecule has 152 valence electrons. The molecule has 0 unspecified atom stereocenters. The Hall–Kier alpha value is -2.64. The summed E-state index contributed by atoms with van der Waals surface area (Å²) in [5.74, 6) is -0.0499. The summed E-state index contributed by atoms with van der Waals surface area (Å²) in [5, 5.41) is 3.52. The van der Waals surface area contributed by atoms with Gasteiger partial charge in [-0.1, -0.05) is 42.5 Å². The lowest BCUT2D eigenvalue weighted by molar-refractivity contribution is -0.130. The average Bonchev–Trinajstić information content (AvgIpc) is 3.13. The summed E-state index contributed by atoms with van der Waals surface area (Å²) >= 11 is 1.37. The van der Waals surface area contributed by atoms with Gasteiger partial charge in [0.1, 0.15) is 0 Å². The number of nitrogens with zero attached hydrogens (tertiary/aromatic N) is 1. The lowest BCUT2D eigenvalue weighted by atomic mass is 10.1. The third kappa shape index (κ3) is 5.05. The van der Waals surface area contributed by atoms with Crippen molar-refractivity contribution in [1.82, 2.24) is 4.90 Å². The smallest absolute Gasteiger partial charge is 0.261 e. The molecule has 5 nitrogen and oxygen atoms in total. The number of likely N-dealkylation sites (N-methyl/N-ethyl adjacent to an activating group) is 1. The molecule has 1 heterocycles. The number of nitrogens with one attached hydrogen (secondary N) is 1. The zero-order valence-electron chi connectivity index (χ0n) is 16.6. The van der Waals surface area contributed by atoms with Crippen LogP contribution < -0.4 is 4.72 Å². The average molecular weight is 429 g/mol. The second kappa shape index (κ2) is 8.80. The van der Waals surface area contributed by atoms with E-state index in [9.17, 15) is 13.2 Å². The van der Waals surface area contributed by atoms with Crippen LogP contribution in [-0.2, 0) is 21.2 Å². The molecule has 0 radical (unpaired) electrons. The molecular formula is C22H24N2O3S2. The van der Waals surface area contributed by atoms with Gasteiger partial charge in [0.25, 0.3) is 10.0 Å². The zero-order valence-corrected chi connectivity index (χ0v) is 18.3. The van der Waals surface area contributed by atoms with Gasteiger partial charge in [-0.3, -0.25) is 9.52 Å². The quantitative estimate of drug-likeness (QED) is 0.597. The van der Waals surface area contributed by atoms with E-state index < -0.39 is 10.0 Å². The third-order valence-electron chi connectivity index (χ3n) is 4.77. The lowest BCUT2D eigenvalue weighted by Gasteiger charge is -2.21. The number of sulfonamides is 1. The van der Waals surface area contributed by atoms with Gasteiger partial charge in [-0.2, -0.15) is 0 Å². The van der Waals surface area contributed by atoms with Crippen LogP contribution in [-0.4, -0.2) is 32.3 Å². The fourth-order valence-corrected chi connectivity index (χ4v) is 4.74. The molecule has 0 saturated carbocycles. The number of rotatable bonds is 7. The van der Waals surface area contributed by atoms with Crippen LogP contribution >= 0.6 is 11.3 Å². The third-order valence-corrected chi connectivity index (χ3v) is 6.94. The maximum atomic E-state index is 12.8. The van der Waals surface area contributed by atoms with E-state index >= 15 is 0 Å². The molecule has 0 aliphatic heterocycles. The Bertz CT molecular complexity index is 1070. The molecule has 7 heteroatoms. The maximum Gasteiger partial charge on any atom is 0.261 e. The highest BCUT2D eigenvalue weighted by Gasteiger charge is 2.20. The van der Waals surface area contributed by atoms with E-state index in [2.05, 4.69) is 4.72 Å². The molecule has 0 saturated heterocycles. The largest absolute Gasteiger partial charge is 0.343 e. The molecule has 3 aromatic rings. The maximum absolute atomic E-state index is 12.8. The SMILES string of the molecule is CC(C)N(C)C(=O)Cc1cscc1NS(=O)(=O)c1ccc(-c2ccccc2)cc1. The van der Waals surface area contributed by atoms with Crippen molar-refractivity contribution in [1.29, 1.82) is 0 Å². The predicted molar refractivity (Wildman–Crippen MR) is 119 cm³/mol. The van der Waals surface area contributed by atoms with Gasteiger partial charge in [0.05, 0.1) is 17.0 Å². The number of carbonyl (C=O) groups is 1. The minimum absolute atomic E-state index is 0.0499. The molecule has 0 bridgehead atoms. The molecule has 0 atom stereocenters. The fraction of sp³-hybridized carbons (Fsp3) is 0.227. The highest BCUT2D eigenvalue weighted by molar-refractivity contribution is 7.92. The Balaban J connectivity index is 1.77. The molecule has 0 aliphatic carbocycles. The number of thiophene rings is 1. The van der Waals surface area contributed by atoms with Gasteiger partial charge in [-0.05, 0) is 48.1 Å². The first-order valence-corrected chi connectivity index (χ1v) is 11.7. The van der Waals surface area contributed by atoms with Gasteiger partial charge in [-0.25, -0.2) is 8.42 Å². The fourth-order valence-electron chi connectivity index (χ4n) is 2.79. The normalized spacial score (nSPS) is 11.4. The van der Waals surface area contributed by atoms with Gasteiger partial charge in [-0.15, -0.1) is 11.3 Å². The summed E-state index contributed by atoms with van der Waals surface area (Å²) in [6.07, 6.45) is 0.156. The van der Waals surface area contributed by atoms with Crippen molar-refractivity contribution in [2.24, 2.45) is 0 Å². The molecule has 2 aromatic carbocycles. The van der Waals surface area contributed by atoms with E-state index in [0.717, 1.165) is 11.1 Å². The number of hydrogen-bond acceptors (Lipinski definition) is 4. The van der Waals surface area contributed by atoms with Crippen molar-refractivity contribution in [3.63, 3.8) is 0 Å². The number of hydrogen-bond donors (Lipinski definition) is 1. The minimum Gasteiger partial charge on any atom is -0.343 e. The summed E-state index contributed by atoms with van der Waals surface area (Å²) in [5.41, 5.74) is 3.10. The zero-order chi connectivity index (χ0) is 21.0. The summed E-state index contributed by atoms with van der Waals surface area (Å²) in [7, 11) is -2.00. The molecule has 0 fully saturated rings. The van der Waals surface area contributed by atoms with Crippen molar-refractivity contribution >= 4 is 33.0 Å². The van der Waals surface area contributed by atoms with Crippen LogP contribution in [0.3, 0.4) is 0 Å². The Morgan fingerprint density at radius 3 is 2.24 bits per heavy atom. The Kier molecular flexibility index (Phi) is 6.39. The summed E-state index contributed by atoms with van der Waals surface area (Å²) in [6, 6.07) is 16.6. The highest BCUT2D eigenvalue weighted by atomic mass is 32.2. The predicted octanol–water partition coefficient (Wildman–Crippen LogP) is 4.63. The van der Waals surface area contributed by atoms with Gasteiger partial charge in [0, 0.05) is 18.5 Å². The first-order chi connectivity index (χ1) is 13.8. The monoisotopic (exact) mass is 428 g/mol. The first kappa shape index (κ1) is 21.1. The van der Waals surface area contributed by atoms with Crippen molar-refractivity contribution in [3.05, 3.63) is 70.9 Å². The molecule has 1 N–H and O–H groups in total. The van der Waals surface area contributed by atoms with Crippen LogP contribution in [0.25, 0.3) is 11.1 Å². The van der Waals surface area contributed by atoms with Crippen LogP contribution in [0.15, 0.2) is 70.3 Å². The molecule has 0 aliphatic rings. The summed E-state index contributed by atoms with van der Waals surface area (Å²) < 4.78 is 28.3. The molecule has 0 spiro atoms.